The van der Waals surface area contributed by atoms with Gasteiger partial charge >= 0.3 is 0 Å². The molecule has 1 amide bonds. The zero-order valence-corrected chi connectivity index (χ0v) is 16.4. The number of amides is 1. The van der Waals surface area contributed by atoms with Gasteiger partial charge in [-0.3, -0.25) is 4.79 Å². The lowest BCUT2D eigenvalue weighted by Gasteiger charge is -2.26. The normalized spacial score (nSPS) is 17.2. The van der Waals surface area contributed by atoms with Crippen LogP contribution in [0.5, 0.6) is 11.5 Å². The number of rotatable bonds is 6. The van der Waals surface area contributed by atoms with Crippen LogP contribution in [0.2, 0.25) is 0 Å². The molecule has 0 unspecified atom stereocenters. The lowest BCUT2D eigenvalue weighted by Crippen LogP contribution is -2.39. The first-order valence-electron chi connectivity index (χ1n) is 9.66. The van der Waals surface area contributed by atoms with Crippen LogP contribution in [0.15, 0.2) is 47.6 Å². The van der Waals surface area contributed by atoms with Gasteiger partial charge in [0.2, 0.25) is 12.7 Å². The smallest absolute Gasteiger partial charge is 0.231 e. The summed E-state index contributed by atoms with van der Waals surface area (Å²) in [6.45, 7) is 4.42. The number of carbonyl (C=O) groups excluding carboxylic acids is 1. The van der Waals surface area contributed by atoms with E-state index in [-0.39, 0.29) is 37.1 Å². The molecule has 0 saturated heterocycles. The predicted octanol–water partition coefficient (Wildman–Crippen LogP) is 3.73. The molecule has 0 aliphatic carbocycles. The summed E-state index contributed by atoms with van der Waals surface area (Å²) in [5, 5.41) is 4.20. The van der Waals surface area contributed by atoms with Crippen LogP contribution in [0.25, 0.3) is 0 Å². The second-order valence-corrected chi connectivity index (χ2v) is 7.50. The maximum absolute atomic E-state index is 14.1. The fraction of sp³-hybridized carbons (Fsp3) is 0.364. The van der Waals surface area contributed by atoms with E-state index in [0.29, 0.717) is 30.0 Å². The van der Waals surface area contributed by atoms with E-state index in [0.717, 1.165) is 11.3 Å². The molecule has 0 saturated carbocycles. The number of ether oxygens (including phenoxy) is 2. The Morgan fingerprint density at radius 1 is 1.21 bits per heavy atom. The van der Waals surface area contributed by atoms with Gasteiger partial charge in [0.05, 0.1) is 12.3 Å². The highest BCUT2D eigenvalue weighted by atomic mass is 19.1. The van der Waals surface area contributed by atoms with Crippen molar-refractivity contribution in [3.8, 4) is 11.5 Å². The summed E-state index contributed by atoms with van der Waals surface area (Å²) in [4.78, 5) is 19.9. The van der Waals surface area contributed by atoms with Crippen LogP contribution in [-0.4, -0.2) is 36.0 Å². The standard InChI is InChI=1S/C22H23FN2O4/c1-14(2)22(26)25(11-16-5-3-4-6-18(16)23)12-17-10-19(24-29-17)15-7-8-20-21(9-15)28-13-27-20/h3-9,14,17H,10-13H2,1-2H3/t17-/m0/s1. The number of hydrogen-bond acceptors (Lipinski definition) is 5. The molecule has 2 heterocycles. The van der Waals surface area contributed by atoms with E-state index in [1.807, 2.05) is 32.0 Å². The molecule has 6 nitrogen and oxygen atoms in total. The molecule has 2 aromatic carbocycles. The number of hydrogen-bond donors (Lipinski definition) is 0. The summed E-state index contributed by atoms with van der Waals surface area (Å²) in [6.07, 6.45) is 0.267. The number of oxime groups is 1. The third-order valence-corrected chi connectivity index (χ3v) is 4.99. The maximum Gasteiger partial charge on any atom is 0.231 e. The van der Waals surface area contributed by atoms with Gasteiger partial charge in [0, 0.05) is 30.0 Å². The van der Waals surface area contributed by atoms with E-state index in [4.69, 9.17) is 14.3 Å². The van der Waals surface area contributed by atoms with Gasteiger partial charge < -0.3 is 19.2 Å². The topological polar surface area (TPSA) is 60.4 Å². The van der Waals surface area contributed by atoms with Crippen LogP contribution < -0.4 is 9.47 Å². The van der Waals surface area contributed by atoms with E-state index < -0.39 is 0 Å². The Hall–Kier alpha value is -3.09. The summed E-state index contributed by atoms with van der Waals surface area (Å²) < 4.78 is 24.9. The number of nitrogens with zero attached hydrogens (tertiary/aromatic N) is 2. The largest absolute Gasteiger partial charge is 0.454 e. The minimum absolute atomic E-state index is 0.0478. The zero-order valence-electron chi connectivity index (χ0n) is 16.4. The van der Waals surface area contributed by atoms with E-state index >= 15 is 0 Å². The van der Waals surface area contributed by atoms with E-state index in [1.165, 1.54) is 6.07 Å². The minimum atomic E-state index is -0.321. The van der Waals surface area contributed by atoms with Crippen LogP contribution in [0, 0.1) is 11.7 Å². The van der Waals surface area contributed by atoms with Gasteiger partial charge in [0.1, 0.15) is 5.82 Å². The fourth-order valence-corrected chi connectivity index (χ4v) is 3.45. The Balaban J connectivity index is 1.45. The summed E-state index contributed by atoms with van der Waals surface area (Å²) in [5.74, 6) is 0.831. The van der Waals surface area contributed by atoms with Crippen LogP contribution in [0.3, 0.4) is 0 Å². The molecular weight excluding hydrogens is 375 g/mol. The Bertz CT molecular complexity index is 944. The zero-order chi connectivity index (χ0) is 20.4. The van der Waals surface area contributed by atoms with E-state index in [1.54, 1.807) is 23.1 Å². The third kappa shape index (κ3) is 4.18. The molecule has 2 aliphatic rings. The number of fused-ring (bicyclic) bond motifs is 1. The lowest BCUT2D eigenvalue weighted by atomic mass is 10.0. The molecule has 7 heteroatoms. The lowest BCUT2D eigenvalue weighted by molar-refractivity contribution is -0.137. The van der Waals surface area contributed by atoms with E-state index in [9.17, 15) is 9.18 Å². The second kappa shape index (κ2) is 8.11. The molecule has 152 valence electrons. The van der Waals surface area contributed by atoms with Crippen molar-refractivity contribution >= 4 is 11.6 Å². The number of carbonyl (C=O) groups is 1. The minimum Gasteiger partial charge on any atom is -0.454 e. The molecule has 1 atom stereocenters. The highest BCUT2D eigenvalue weighted by molar-refractivity contribution is 6.01. The molecule has 0 spiro atoms. The van der Waals surface area contributed by atoms with Crippen LogP contribution >= 0.6 is 0 Å². The van der Waals surface area contributed by atoms with Crippen molar-refractivity contribution < 1.29 is 23.5 Å². The Labute approximate surface area is 168 Å². The van der Waals surface area contributed by atoms with E-state index in [2.05, 4.69) is 5.16 Å². The summed E-state index contributed by atoms with van der Waals surface area (Å²) >= 11 is 0. The molecular formula is C22H23FN2O4. The average Bonchev–Trinajstić information content (AvgIpc) is 3.37. The van der Waals surface area contributed by atoms with Gasteiger partial charge in [-0.15, -0.1) is 0 Å². The molecule has 0 aromatic heterocycles. The van der Waals surface area contributed by atoms with Gasteiger partial charge in [0.15, 0.2) is 17.6 Å². The molecule has 0 N–H and O–H groups in total. The maximum atomic E-state index is 14.1. The van der Waals surface area contributed by atoms with Crippen molar-refractivity contribution in [1.29, 1.82) is 0 Å². The predicted molar refractivity (Wildman–Crippen MR) is 105 cm³/mol. The Kier molecular flexibility index (Phi) is 5.38. The summed E-state index contributed by atoms with van der Waals surface area (Å²) in [5.41, 5.74) is 2.17. The number of halogens is 1. The highest BCUT2D eigenvalue weighted by Crippen LogP contribution is 2.33. The molecule has 0 bridgehead atoms. The first-order valence-corrected chi connectivity index (χ1v) is 9.66. The van der Waals surface area contributed by atoms with Crippen LogP contribution in [0.4, 0.5) is 4.39 Å². The Morgan fingerprint density at radius 2 is 2.00 bits per heavy atom. The molecule has 0 fully saturated rings. The molecule has 29 heavy (non-hydrogen) atoms. The fourth-order valence-electron chi connectivity index (χ4n) is 3.45. The van der Waals surface area contributed by atoms with Crippen molar-refractivity contribution in [3.63, 3.8) is 0 Å². The first kappa shape index (κ1) is 19.2. The van der Waals surface area contributed by atoms with Crippen molar-refractivity contribution in [3.05, 3.63) is 59.4 Å². The monoisotopic (exact) mass is 398 g/mol. The SMILES string of the molecule is CC(C)C(=O)N(Cc1ccccc1F)C[C@@H]1CC(c2ccc3c(c2)OCO3)=NO1. The Morgan fingerprint density at radius 3 is 2.79 bits per heavy atom. The molecule has 2 aromatic rings. The molecule has 0 radical (unpaired) electrons. The second-order valence-electron chi connectivity index (χ2n) is 7.50. The molecule has 4 rings (SSSR count). The average molecular weight is 398 g/mol. The first-order chi connectivity index (χ1) is 14.0. The molecule has 2 aliphatic heterocycles. The van der Waals surface area contributed by atoms with Gasteiger partial charge in [-0.1, -0.05) is 37.2 Å². The summed E-state index contributed by atoms with van der Waals surface area (Å²) in [7, 11) is 0. The highest BCUT2D eigenvalue weighted by Gasteiger charge is 2.29. The quantitative estimate of drug-likeness (QED) is 0.744. The van der Waals surface area contributed by atoms with Gasteiger partial charge in [0.25, 0.3) is 0 Å². The van der Waals surface area contributed by atoms with Crippen LogP contribution in [0.1, 0.15) is 31.4 Å². The van der Waals surface area contributed by atoms with Crippen LogP contribution in [-0.2, 0) is 16.2 Å². The van der Waals surface area contributed by atoms with Crippen molar-refractivity contribution in [2.24, 2.45) is 11.1 Å². The van der Waals surface area contributed by atoms with Crippen molar-refractivity contribution in [1.82, 2.24) is 4.90 Å². The summed E-state index contributed by atoms with van der Waals surface area (Å²) in [6, 6.07) is 12.1. The van der Waals surface area contributed by atoms with Gasteiger partial charge in [-0.25, -0.2) is 4.39 Å². The third-order valence-electron chi connectivity index (χ3n) is 4.99. The van der Waals surface area contributed by atoms with Crippen molar-refractivity contribution in [2.75, 3.05) is 13.3 Å². The number of benzene rings is 2. The van der Waals surface area contributed by atoms with Gasteiger partial charge in [-0.2, -0.15) is 0 Å². The van der Waals surface area contributed by atoms with Crippen molar-refractivity contribution in [2.45, 2.75) is 32.9 Å². The van der Waals surface area contributed by atoms with Gasteiger partial charge in [-0.05, 0) is 24.3 Å².